The quantitative estimate of drug-likeness (QED) is 0.393. The zero-order valence-corrected chi connectivity index (χ0v) is 5.09. The Morgan fingerprint density at radius 2 is 2.44 bits per heavy atom. The van der Waals surface area contributed by atoms with E-state index in [1.54, 1.807) is 0 Å². The van der Waals surface area contributed by atoms with Gasteiger partial charge in [-0.3, -0.25) is 9.59 Å². The maximum Gasteiger partial charge on any atom is 0.270 e. The molecule has 1 atom stereocenters. The van der Waals surface area contributed by atoms with Gasteiger partial charge in [0.1, 0.15) is 0 Å². The van der Waals surface area contributed by atoms with E-state index in [1.165, 1.54) is 6.08 Å². The first kappa shape index (κ1) is 6.29. The molecule has 0 aliphatic carbocycles. The van der Waals surface area contributed by atoms with Gasteiger partial charge in [-0.05, 0) is 11.6 Å². The molecule has 1 aliphatic heterocycles. The van der Waals surface area contributed by atoms with Crippen molar-refractivity contribution in [3.05, 3.63) is 12.3 Å². The smallest absolute Gasteiger partial charge is 0.270 e. The maximum absolute atomic E-state index is 10.5. The van der Waals surface area contributed by atoms with Crippen molar-refractivity contribution in [1.82, 2.24) is 0 Å². The van der Waals surface area contributed by atoms with Gasteiger partial charge < -0.3 is 4.74 Å². The molecule has 4 heteroatoms. The molecule has 0 radical (unpaired) electrons. The Hall–Kier alpha value is -0.830. The van der Waals surface area contributed by atoms with Gasteiger partial charge in [-0.1, -0.05) is 0 Å². The minimum atomic E-state index is -1.09. The molecule has 0 aromatic carbocycles. The normalized spacial score (nSPS) is 24.1. The summed E-state index contributed by atoms with van der Waals surface area (Å²) >= 11 is 4.95. The minimum absolute atomic E-state index is 0.394. The van der Waals surface area contributed by atoms with Crippen LogP contribution in [0.15, 0.2) is 12.3 Å². The Kier molecular flexibility index (Phi) is 1.53. The van der Waals surface area contributed by atoms with Crippen molar-refractivity contribution in [2.75, 3.05) is 0 Å². The van der Waals surface area contributed by atoms with E-state index in [1.807, 2.05) is 0 Å². The van der Waals surface area contributed by atoms with Crippen molar-refractivity contribution in [3.63, 3.8) is 0 Å². The van der Waals surface area contributed by atoms with Crippen molar-refractivity contribution < 1.29 is 14.3 Å². The fourth-order valence-electron chi connectivity index (χ4n) is 0.505. The van der Waals surface area contributed by atoms with Crippen LogP contribution in [0.5, 0.6) is 0 Å². The Labute approximate surface area is 56.2 Å². The van der Waals surface area contributed by atoms with Gasteiger partial charge in [0.2, 0.25) is 11.9 Å². The van der Waals surface area contributed by atoms with Gasteiger partial charge in [-0.25, -0.2) is 0 Å². The molecule has 1 unspecified atom stereocenters. The lowest BCUT2D eigenvalue weighted by atomic mass is 10.3. The first-order valence-corrected chi connectivity index (χ1v) is 2.65. The highest BCUT2D eigenvalue weighted by molar-refractivity contribution is 6.66. The Morgan fingerprint density at radius 3 is 2.67 bits per heavy atom. The average molecular weight is 147 g/mol. The Morgan fingerprint density at radius 1 is 1.78 bits per heavy atom. The van der Waals surface area contributed by atoms with Crippen LogP contribution in [0.25, 0.3) is 0 Å². The standard InChI is InChI=1S/C5H3ClO3/c6-5(8)4-3(7)1-2-9-4/h1-2,4H. The van der Waals surface area contributed by atoms with Gasteiger partial charge >= 0.3 is 0 Å². The molecule has 0 bridgehead atoms. The number of rotatable bonds is 1. The second kappa shape index (κ2) is 2.19. The lowest BCUT2D eigenvalue weighted by molar-refractivity contribution is -0.129. The fraction of sp³-hybridized carbons (Fsp3) is 0.200. The zero-order valence-electron chi connectivity index (χ0n) is 4.33. The molecular weight excluding hydrogens is 144 g/mol. The van der Waals surface area contributed by atoms with Crippen LogP contribution in [0.3, 0.4) is 0 Å². The average Bonchev–Trinajstić information content (AvgIpc) is 2.13. The van der Waals surface area contributed by atoms with Crippen LogP contribution in [-0.4, -0.2) is 17.1 Å². The monoisotopic (exact) mass is 146 g/mol. The molecule has 0 aromatic rings. The minimum Gasteiger partial charge on any atom is -0.480 e. The third-order valence-electron chi connectivity index (χ3n) is 0.912. The van der Waals surface area contributed by atoms with Gasteiger partial charge in [0.05, 0.1) is 6.26 Å². The molecule has 1 heterocycles. The summed E-state index contributed by atoms with van der Waals surface area (Å²) < 4.78 is 4.52. The van der Waals surface area contributed by atoms with Gasteiger partial charge in [0.25, 0.3) is 5.24 Å². The number of halogens is 1. The predicted molar refractivity (Wildman–Crippen MR) is 29.9 cm³/mol. The van der Waals surface area contributed by atoms with Crippen molar-refractivity contribution in [2.45, 2.75) is 6.10 Å². The van der Waals surface area contributed by atoms with Crippen LogP contribution in [0, 0.1) is 0 Å². The molecule has 9 heavy (non-hydrogen) atoms. The molecule has 0 fully saturated rings. The van der Waals surface area contributed by atoms with E-state index in [0.717, 1.165) is 6.26 Å². The molecule has 0 aromatic heterocycles. The van der Waals surface area contributed by atoms with E-state index in [9.17, 15) is 9.59 Å². The third-order valence-corrected chi connectivity index (χ3v) is 1.11. The zero-order chi connectivity index (χ0) is 6.85. The van der Waals surface area contributed by atoms with Gasteiger partial charge in [-0.15, -0.1) is 0 Å². The van der Waals surface area contributed by atoms with E-state index in [0.29, 0.717) is 0 Å². The topological polar surface area (TPSA) is 43.4 Å². The highest BCUT2D eigenvalue weighted by Crippen LogP contribution is 2.07. The molecule has 0 spiro atoms. The van der Waals surface area contributed by atoms with E-state index in [4.69, 9.17) is 11.6 Å². The lowest BCUT2D eigenvalue weighted by Crippen LogP contribution is -2.22. The summed E-state index contributed by atoms with van der Waals surface area (Å²) in [6.07, 6.45) is 1.24. The molecule has 48 valence electrons. The molecule has 1 rings (SSSR count). The van der Waals surface area contributed by atoms with Crippen LogP contribution in [0.4, 0.5) is 0 Å². The number of ether oxygens (including phenoxy) is 1. The van der Waals surface area contributed by atoms with Gasteiger partial charge in [0.15, 0.2) is 0 Å². The maximum atomic E-state index is 10.5. The van der Waals surface area contributed by atoms with Crippen molar-refractivity contribution in [3.8, 4) is 0 Å². The summed E-state index contributed by atoms with van der Waals surface area (Å²) in [5.41, 5.74) is 0. The predicted octanol–water partition coefficient (Wildman–Crippen LogP) is 0.233. The van der Waals surface area contributed by atoms with Crippen molar-refractivity contribution in [1.29, 1.82) is 0 Å². The first-order valence-electron chi connectivity index (χ1n) is 2.27. The van der Waals surface area contributed by atoms with Crippen LogP contribution >= 0.6 is 11.6 Å². The summed E-state index contributed by atoms with van der Waals surface area (Å²) in [6, 6.07) is 0. The lowest BCUT2D eigenvalue weighted by Gasteiger charge is -1.99. The third kappa shape index (κ3) is 1.10. The summed E-state index contributed by atoms with van der Waals surface area (Å²) in [5, 5.41) is -0.773. The summed E-state index contributed by atoms with van der Waals surface area (Å²) in [5.74, 6) is -0.394. The molecular formula is C5H3ClO3. The molecule has 0 saturated heterocycles. The van der Waals surface area contributed by atoms with E-state index >= 15 is 0 Å². The first-order chi connectivity index (χ1) is 4.22. The number of hydrogen-bond acceptors (Lipinski definition) is 3. The number of carbonyl (C=O) groups is 2. The summed E-state index contributed by atoms with van der Waals surface area (Å²) in [7, 11) is 0. The van der Waals surface area contributed by atoms with Gasteiger partial charge in [-0.2, -0.15) is 0 Å². The number of carbonyl (C=O) groups excluding carboxylic acids is 2. The van der Waals surface area contributed by atoms with Crippen LogP contribution in [0.1, 0.15) is 0 Å². The molecule has 0 N–H and O–H groups in total. The molecule has 0 saturated carbocycles. The van der Waals surface area contributed by atoms with Crippen molar-refractivity contribution in [2.24, 2.45) is 0 Å². The summed E-state index contributed by atoms with van der Waals surface area (Å²) in [6.45, 7) is 0. The van der Waals surface area contributed by atoms with Crippen molar-refractivity contribution >= 4 is 22.6 Å². The highest BCUT2D eigenvalue weighted by atomic mass is 35.5. The SMILES string of the molecule is O=C(Cl)C1OC=CC1=O. The van der Waals surface area contributed by atoms with Crippen LogP contribution in [0.2, 0.25) is 0 Å². The van der Waals surface area contributed by atoms with E-state index < -0.39 is 17.1 Å². The highest BCUT2D eigenvalue weighted by Gasteiger charge is 2.27. The molecule has 3 nitrogen and oxygen atoms in total. The molecule has 0 amide bonds. The largest absolute Gasteiger partial charge is 0.480 e. The Bertz CT molecular complexity index is 185. The van der Waals surface area contributed by atoms with E-state index in [2.05, 4.69) is 4.74 Å². The van der Waals surface area contributed by atoms with Gasteiger partial charge in [0, 0.05) is 6.08 Å². The van der Waals surface area contributed by atoms with E-state index in [-0.39, 0.29) is 0 Å². The Balaban J connectivity index is 2.66. The number of ketones is 1. The fourth-order valence-corrected chi connectivity index (χ4v) is 0.664. The van der Waals surface area contributed by atoms with Crippen LogP contribution < -0.4 is 0 Å². The summed E-state index contributed by atoms with van der Waals surface area (Å²) in [4.78, 5) is 20.7. The molecule has 1 aliphatic rings. The second-order valence-corrected chi connectivity index (χ2v) is 1.90. The number of hydrogen-bond donors (Lipinski definition) is 0. The second-order valence-electron chi connectivity index (χ2n) is 1.53. The van der Waals surface area contributed by atoms with Crippen LogP contribution in [-0.2, 0) is 14.3 Å².